The number of rotatable bonds is 7. The van der Waals surface area contributed by atoms with Gasteiger partial charge in [0.2, 0.25) is 0 Å². The molecule has 0 fully saturated rings. The molecule has 0 aliphatic rings. The zero-order valence-corrected chi connectivity index (χ0v) is 13.5. The summed E-state index contributed by atoms with van der Waals surface area (Å²) in [5.41, 5.74) is 2.14. The highest BCUT2D eigenvalue weighted by atomic mass is 16.4. The number of benzene rings is 2. The third-order valence-electron chi connectivity index (χ3n) is 3.61. The molecule has 1 aromatic heterocycles. The molecular weight excluding hydrogens is 316 g/mol. The minimum absolute atomic E-state index is 0.222. The Morgan fingerprint density at radius 3 is 2.56 bits per heavy atom. The van der Waals surface area contributed by atoms with E-state index in [9.17, 15) is 4.79 Å². The second-order valence-electron chi connectivity index (χ2n) is 5.46. The van der Waals surface area contributed by atoms with Gasteiger partial charge in [-0.3, -0.25) is 0 Å². The number of hydrogen-bond acceptors (Lipinski definition) is 5. The number of nitrogens with one attached hydrogen (secondary N) is 2. The fourth-order valence-corrected chi connectivity index (χ4v) is 2.38. The van der Waals surface area contributed by atoms with Crippen LogP contribution < -0.4 is 10.6 Å². The fourth-order valence-electron chi connectivity index (χ4n) is 2.38. The van der Waals surface area contributed by atoms with Crippen molar-refractivity contribution >= 4 is 23.3 Å². The number of anilines is 3. The lowest BCUT2D eigenvalue weighted by atomic mass is 10.1. The Kier molecular flexibility index (Phi) is 5.21. The molecule has 3 aromatic rings. The predicted molar refractivity (Wildman–Crippen MR) is 97.4 cm³/mol. The molecule has 0 saturated carbocycles. The maximum atomic E-state index is 11.0. The molecule has 0 aliphatic carbocycles. The summed E-state index contributed by atoms with van der Waals surface area (Å²) in [5.74, 6) is 0.345. The van der Waals surface area contributed by atoms with Crippen LogP contribution in [-0.2, 0) is 6.42 Å². The zero-order chi connectivity index (χ0) is 17.5. The number of aromatic nitrogens is 2. The van der Waals surface area contributed by atoms with Gasteiger partial charge in [0, 0.05) is 18.3 Å². The molecule has 3 N–H and O–H groups in total. The smallest absolute Gasteiger partial charge is 0.335 e. The van der Waals surface area contributed by atoms with Crippen LogP contribution in [0.15, 0.2) is 67.0 Å². The first-order chi connectivity index (χ1) is 12.2. The standard InChI is InChI=1S/C19H18N4O2/c24-19(25)15-7-4-8-16(11-15)23-18-12-17(21-13-22-18)20-10-9-14-5-2-1-3-6-14/h1-8,11-13H,9-10H2,(H,24,25)(H2,20,21,22,23). The summed E-state index contributed by atoms with van der Waals surface area (Å²) in [5, 5.41) is 15.4. The topological polar surface area (TPSA) is 87.1 Å². The summed E-state index contributed by atoms with van der Waals surface area (Å²) in [6.07, 6.45) is 2.36. The minimum Gasteiger partial charge on any atom is -0.478 e. The molecular formula is C19H18N4O2. The first-order valence-corrected chi connectivity index (χ1v) is 7.91. The highest BCUT2D eigenvalue weighted by molar-refractivity contribution is 5.89. The zero-order valence-electron chi connectivity index (χ0n) is 13.5. The quantitative estimate of drug-likeness (QED) is 0.612. The van der Waals surface area contributed by atoms with Crippen molar-refractivity contribution in [2.45, 2.75) is 6.42 Å². The molecule has 0 radical (unpaired) electrons. The van der Waals surface area contributed by atoms with Crippen LogP contribution in [0.3, 0.4) is 0 Å². The summed E-state index contributed by atoms with van der Waals surface area (Å²) in [6, 6.07) is 18.6. The molecule has 25 heavy (non-hydrogen) atoms. The van der Waals surface area contributed by atoms with Crippen LogP contribution in [0, 0.1) is 0 Å². The third-order valence-corrected chi connectivity index (χ3v) is 3.61. The first kappa shape index (κ1) is 16.4. The van der Waals surface area contributed by atoms with E-state index < -0.39 is 5.97 Å². The summed E-state index contributed by atoms with van der Waals surface area (Å²) in [7, 11) is 0. The van der Waals surface area contributed by atoms with Crippen molar-refractivity contribution in [1.82, 2.24) is 9.97 Å². The van der Waals surface area contributed by atoms with Gasteiger partial charge in [-0.25, -0.2) is 14.8 Å². The van der Waals surface area contributed by atoms with Crippen molar-refractivity contribution in [3.63, 3.8) is 0 Å². The van der Waals surface area contributed by atoms with Gasteiger partial charge in [-0.2, -0.15) is 0 Å². The third kappa shape index (κ3) is 4.78. The van der Waals surface area contributed by atoms with Crippen LogP contribution in [0.25, 0.3) is 0 Å². The van der Waals surface area contributed by atoms with Gasteiger partial charge in [-0.1, -0.05) is 36.4 Å². The Morgan fingerprint density at radius 1 is 0.960 bits per heavy atom. The van der Waals surface area contributed by atoms with Crippen LogP contribution >= 0.6 is 0 Å². The molecule has 6 nitrogen and oxygen atoms in total. The van der Waals surface area contributed by atoms with E-state index in [4.69, 9.17) is 5.11 Å². The molecule has 0 atom stereocenters. The number of carboxylic acid groups (broad SMARTS) is 1. The number of carboxylic acids is 1. The summed E-state index contributed by atoms with van der Waals surface area (Å²) < 4.78 is 0. The van der Waals surface area contributed by atoms with Crippen molar-refractivity contribution in [3.05, 3.63) is 78.1 Å². The Balaban J connectivity index is 1.61. The summed E-state index contributed by atoms with van der Waals surface area (Å²) in [4.78, 5) is 19.4. The predicted octanol–water partition coefficient (Wildman–Crippen LogP) is 3.57. The molecule has 0 unspecified atom stereocenters. The Labute approximate surface area is 145 Å². The summed E-state index contributed by atoms with van der Waals surface area (Å²) in [6.45, 7) is 0.759. The highest BCUT2D eigenvalue weighted by Gasteiger charge is 2.04. The number of carbonyl (C=O) groups is 1. The molecule has 0 spiro atoms. The SMILES string of the molecule is O=C(O)c1cccc(Nc2cc(NCCc3ccccc3)ncn2)c1. The number of aromatic carboxylic acids is 1. The number of nitrogens with zero attached hydrogens (tertiary/aromatic N) is 2. The largest absolute Gasteiger partial charge is 0.478 e. The van der Waals surface area contributed by atoms with E-state index in [-0.39, 0.29) is 5.56 Å². The van der Waals surface area contributed by atoms with Crippen molar-refractivity contribution in [2.24, 2.45) is 0 Å². The van der Waals surface area contributed by atoms with Gasteiger partial charge in [0.25, 0.3) is 0 Å². The molecule has 0 amide bonds. The molecule has 2 aromatic carbocycles. The van der Waals surface area contributed by atoms with Crippen LogP contribution in [0.1, 0.15) is 15.9 Å². The van der Waals surface area contributed by atoms with Crippen molar-refractivity contribution in [2.75, 3.05) is 17.2 Å². The highest BCUT2D eigenvalue weighted by Crippen LogP contribution is 2.17. The molecule has 0 bridgehead atoms. The van der Waals surface area contributed by atoms with Gasteiger partial charge in [0.15, 0.2) is 0 Å². The first-order valence-electron chi connectivity index (χ1n) is 7.91. The molecule has 1 heterocycles. The Bertz CT molecular complexity index is 853. The fraction of sp³-hybridized carbons (Fsp3) is 0.105. The Morgan fingerprint density at radius 2 is 1.76 bits per heavy atom. The van der Waals surface area contributed by atoms with Crippen LogP contribution in [0.5, 0.6) is 0 Å². The molecule has 126 valence electrons. The Hall–Kier alpha value is -3.41. The van der Waals surface area contributed by atoms with Crippen molar-refractivity contribution in [3.8, 4) is 0 Å². The van der Waals surface area contributed by atoms with Gasteiger partial charge in [-0.15, -0.1) is 0 Å². The van der Waals surface area contributed by atoms with Crippen LogP contribution in [0.2, 0.25) is 0 Å². The van der Waals surface area contributed by atoms with Crippen molar-refractivity contribution < 1.29 is 9.90 Å². The lowest BCUT2D eigenvalue weighted by Gasteiger charge is -2.09. The van der Waals surface area contributed by atoms with Gasteiger partial charge in [0.05, 0.1) is 5.56 Å². The van der Waals surface area contributed by atoms with E-state index in [0.717, 1.165) is 13.0 Å². The molecule has 0 saturated heterocycles. The van der Waals surface area contributed by atoms with Gasteiger partial charge in [-0.05, 0) is 30.2 Å². The monoisotopic (exact) mass is 334 g/mol. The van der Waals surface area contributed by atoms with E-state index in [1.165, 1.54) is 11.9 Å². The van der Waals surface area contributed by atoms with E-state index >= 15 is 0 Å². The van der Waals surface area contributed by atoms with Crippen LogP contribution in [0.4, 0.5) is 17.3 Å². The maximum Gasteiger partial charge on any atom is 0.335 e. The average molecular weight is 334 g/mol. The lowest BCUT2D eigenvalue weighted by molar-refractivity contribution is 0.0697. The lowest BCUT2D eigenvalue weighted by Crippen LogP contribution is -2.07. The van der Waals surface area contributed by atoms with E-state index in [2.05, 4.69) is 32.7 Å². The molecule has 3 rings (SSSR count). The van der Waals surface area contributed by atoms with E-state index in [1.807, 2.05) is 18.2 Å². The van der Waals surface area contributed by atoms with Crippen LogP contribution in [-0.4, -0.2) is 27.6 Å². The van der Waals surface area contributed by atoms with Gasteiger partial charge < -0.3 is 15.7 Å². The van der Waals surface area contributed by atoms with Gasteiger partial charge in [0.1, 0.15) is 18.0 Å². The maximum absolute atomic E-state index is 11.0. The normalized spacial score (nSPS) is 10.2. The second kappa shape index (κ2) is 7.92. The second-order valence-corrected chi connectivity index (χ2v) is 5.46. The van der Waals surface area contributed by atoms with E-state index in [1.54, 1.807) is 30.3 Å². The number of hydrogen-bond donors (Lipinski definition) is 3. The average Bonchev–Trinajstić information content (AvgIpc) is 2.63. The van der Waals surface area contributed by atoms with Gasteiger partial charge >= 0.3 is 5.97 Å². The van der Waals surface area contributed by atoms with Crippen molar-refractivity contribution in [1.29, 1.82) is 0 Å². The minimum atomic E-state index is -0.963. The molecule has 0 aliphatic heterocycles. The summed E-state index contributed by atoms with van der Waals surface area (Å²) >= 11 is 0. The van der Waals surface area contributed by atoms with E-state index in [0.29, 0.717) is 17.3 Å². The molecule has 6 heteroatoms.